The number of aromatic nitrogens is 2. The molecule has 28 heavy (non-hydrogen) atoms. The van der Waals surface area contributed by atoms with Crippen molar-refractivity contribution in [3.63, 3.8) is 0 Å². The molecule has 5 heteroatoms. The first-order valence-electron chi connectivity index (χ1n) is 9.41. The van der Waals surface area contributed by atoms with Crippen molar-refractivity contribution in [1.29, 1.82) is 0 Å². The van der Waals surface area contributed by atoms with Crippen LogP contribution in [0.2, 0.25) is 0 Å². The quantitative estimate of drug-likeness (QED) is 0.477. The molecule has 2 aromatic carbocycles. The van der Waals surface area contributed by atoms with Crippen molar-refractivity contribution >= 4 is 28.1 Å². The highest BCUT2D eigenvalue weighted by atomic mass is 32.1. The lowest BCUT2D eigenvalue weighted by molar-refractivity contribution is -0.127. The van der Waals surface area contributed by atoms with Gasteiger partial charge in [0.1, 0.15) is 5.01 Å². The standard InChI is InChI=1S/C23H23N3OS/c1-4-26-19-13-9-8-12-17(19)22(23(26)16-10-6-5-7-11-16)18-15-28-20(24-18)14-21(27)25(2)3/h5-13,15H,4,14H2,1-3H3. The van der Waals surface area contributed by atoms with E-state index in [1.54, 1.807) is 30.3 Å². The summed E-state index contributed by atoms with van der Waals surface area (Å²) in [6.45, 7) is 3.05. The van der Waals surface area contributed by atoms with Crippen LogP contribution in [0.15, 0.2) is 60.0 Å². The molecule has 0 spiro atoms. The monoisotopic (exact) mass is 389 g/mol. The molecule has 0 saturated heterocycles. The molecule has 0 aliphatic heterocycles. The molecule has 0 N–H and O–H groups in total. The van der Waals surface area contributed by atoms with Gasteiger partial charge in [-0.2, -0.15) is 0 Å². The van der Waals surface area contributed by atoms with E-state index in [2.05, 4.69) is 65.4 Å². The first kappa shape index (κ1) is 18.4. The van der Waals surface area contributed by atoms with E-state index in [-0.39, 0.29) is 5.91 Å². The van der Waals surface area contributed by atoms with Crippen molar-refractivity contribution in [2.24, 2.45) is 0 Å². The topological polar surface area (TPSA) is 38.1 Å². The third kappa shape index (κ3) is 3.22. The Morgan fingerprint density at radius 2 is 1.79 bits per heavy atom. The van der Waals surface area contributed by atoms with E-state index in [1.165, 1.54) is 22.2 Å². The van der Waals surface area contributed by atoms with Gasteiger partial charge in [-0.05, 0) is 18.6 Å². The Balaban J connectivity index is 1.92. The molecule has 4 aromatic rings. The minimum Gasteiger partial charge on any atom is -0.348 e. The molecule has 4 rings (SSSR count). The number of rotatable bonds is 5. The Labute approximate surface area is 169 Å². The van der Waals surface area contributed by atoms with Crippen LogP contribution >= 0.6 is 11.3 Å². The summed E-state index contributed by atoms with van der Waals surface area (Å²) in [7, 11) is 3.55. The summed E-state index contributed by atoms with van der Waals surface area (Å²) in [6.07, 6.45) is 0.338. The lowest BCUT2D eigenvalue weighted by Gasteiger charge is -2.10. The maximum atomic E-state index is 12.1. The van der Waals surface area contributed by atoms with Crippen molar-refractivity contribution in [1.82, 2.24) is 14.5 Å². The number of likely N-dealkylation sites (N-methyl/N-ethyl adjacent to an activating group) is 1. The van der Waals surface area contributed by atoms with Crippen LogP contribution in [-0.4, -0.2) is 34.5 Å². The predicted molar refractivity (Wildman–Crippen MR) is 117 cm³/mol. The van der Waals surface area contributed by atoms with E-state index in [9.17, 15) is 4.79 Å². The Hall–Kier alpha value is -2.92. The molecular formula is C23H23N3OS. The molecule has 2 heterocycles. The number of para-hydroxylation sites is 1. The van der Waals surface area contributed by atoms with Crippen LogP contribution < -0.4 is 0 Å². The summed E-state index contributed by atoms with van der Waals surface area (Å²) in [4.78, 5) is 18.6. The third-order valence-electron chi connectivity index (χ3n) is 4.94. The van der Waals surface area contributed by atoms with E-state index < -0.39 is 0 Å². The first-order valence-corrected chi connectivity index (χ1v) is 10.3. The van der Waals surface area contributed by atoms with Crippen LogP contribution in [0.4, 0.5) is 0 Å². The van der Waals surface area contributed by atoms with Crippen molar-refractivity contribution < 1.29 is 4.79 Å². The maximum absolute atomic E-state index is 12.1. The number of carbonyl (C=O) groups is 1. The number of hydrogen-bond acceptors (Lipinski definition) is 3. The minimum atomic E-state index is 0.0696. The zero-order valence-electron chi connectivity index (χ0n) is 16.3. The molecule has 0 bridgehead atoms. The van der Waals surface area contributed by atoms with Gasteiger partial charge in [0, 0.05) is 42.5 Å². The minimum absolute atomic E-state index is 0.0696. The average molecular weight is 390 g/mol. The maximum Gasteiger partial charge on any atom is 0.228 e. The summed E-state index contributed by atoms with van der Waals surface area (Å²) >= 11 is 1.55. The van der Waals surface area contributed by atoms with Crippen molar-refractivity contribution in [2.45, 2.75) is 19.9 Å². The number of carbonyl (C=O) groups excluding carboxylic acids is 1. The number of hydrogen-bond donors (Lipinski definition) is 0. The van der Waals surface area contributed by atoms with Crippen molar-refractivity contribution in [2.75, 3.05) is 14.1 Å². The van der Waals surface area contributed by atoms with Gasteiger partial charge in [0.25, 0.3) is 0 Å². The van der Waals surface area contributed by atoms with E-state index in [1.807, 2.05) is 6.07 Å². The largest absolute Gasteiger partial charge is 0.348 e. The molecule has 0 radical (unpaired) electrons. The molecule has 1 amide bonds. The number of fused-ring (bicyclic) bond motifs is 1. The summed E-state index contributed by atoms with van der Waals surface area (Å²) in [5, 5.41) is 4.12. The van der Waals surface area contributed by atoms with E-state index in [0.29, 0.717) is 6.42 Å². The molecule has 0 unspecified atom stereocenters. The van der Waals surface area contributed by atoms with Gasteiger partial charge in [-0.15, -0.1) is 11.3 Å². The van der Waals surface area contributed by atoms with Gasteiger partial charge in [-0.3, -0.25) is 4.79 Å². The number of thiazole rings is 1. The highest BCUT2D eigenvalue weighted by molar-refractivity contribution is 7.10. The number of nitrogens with zero attached hydrogens (tertiary/aromatic N) is 3. The lowest BCUT2D eigenvalue weighted by atomic mass is 10.0. The van der Waals surface area contributed by atoms with Gasteiger partial charge in [0.05, 0.1) is 17.8 Å². The van der Waals surface area contributed by atoms with Crippen LogP contribution in [0.1, 0.15) is 11.9 Å². The predicted octanol–water partition coefficient (Wildman–Crippen LogP) is 5.08. The zero-order valence-corrected chi connectivity index (χ0v) is 17.2. The normalized spacial score (nSPS) is 11.1. The molecule has 0 fully saturated rings. The van der Waals surface area contributed by atoms with Crippen LogP contribution in [0.5, 0.6) is 0 Å². The van der Waals surface area contributed by atoms with Crippen LogP contribution in [0.3, 0.4) is 0 Å². The van der Waals surface area contributed by atoms with Gasteiger partial charge in [-0.25, -0.2) is 4.98 Å². The highest BCUT2D eigenvalue weighted by Crippen LogP contribution is 2.41. The molecule has 2 aromatic heterocycles. The van der Waals surface area contributed by atoms with Gasteiger partial charge >= 0.3 is 0 Å². The lowest BCUT2D eigenvalue weighted by Crippen LogP contribution is -2.23. The molecule has 0 atom stereocenters. The van der Waals surface area contributed by atoms with Crippen molar-refractivity contribution in [3.05, 3.63) is 65.0 Å². The Morgan fingerprint density at radius 1 is 1.07 bits per heavy atom. The van der Waals surface area contributed by atoms with Gasteiger partial charge in [0.2, 0.25) is 5.91 Å². The Morgan fingerprint density at radius 3 is 2.50 bits per heavy atom. The summed E-state index contributed by atoms with van der Waals surface area (Å²) < 4.78 is 2.35. The van der Waals surface area contributed by atoms with Crippen LogP contribution in [0.25, 0.3) is 33.4 Å². The second-order valence-corrected chi connectivity index (χ2v) is 7.89. The SMILES string of the molecule is CCn1c(-c2ccccc2)c(-c2csc(CC(=O)N(C)C)n2)c2ccccc21. The van der Waals surface area contributed by atoms with Gasteiger partial charge < -0.3 is 9.47 Å². The summed E-state index contributed by atoms with van der Waals surface area (Å²) in [5.74, 6) is 0.0696. The molecule has 4 nitrogen and oxygen atoms in total. The van der Waals surface area contributed by atoms with E-state index in [4.69, 9.17) is 4.98 Å². The molecule has 0 aliphatic rings. The number of benzene rings is 2. The Kier molecular flexibility index (Phi) is 5.01. The fourth-order valence-corrected chi connectivity index (χ4v) is 4.36. The second kappa shape index (κ2) is 7.60. The number of amides is 1. The van der Waals surface area contributed by atoms with E-state index in [0.717, 1.165) is 22.8 Å². The molecule has 142 valence electrons. The first-order chi connectivity index (χ1) is 13.6. The summed E-state index contributed by atoms with van der Waals surface area (Å²) in [6, 6.07) is 18.9. The van der Waals surface area contributed by atoms with Crippen molar-refractivity contribution in [3.8, 4) is 22.5 Å². The highest BCUT2D eigenvalue weighted by Gasteiger charge is 2.21. The second-order valence-electron chi connectivity index (χ2n) is 6.94. The molecular weight excluding hydrogens is 366 g/mol. The zero-order chi connectivity index (χ0) is 19.7. The molecule has 0 saturated carbocycles. The third-order valence-corrected chi connectivity index (χ3v) is 5.79. The van der Waals surface area contributed by atoms with E-state index >= 15 is 0 Å². The van der Waals surface area contributed by atoms with Gasteiger partial charge in [-0.1, -0.05) is 48.5 Å². The average Bonchev–Trinajstić information content (AvgIpc) is 3.30. The fourth-order valence-electron chi connectivity index (χ4n) is 3.58. The smallest absolute Gasteiger partial charge is 0.228 e. The number of aryl methyl sites for hydroxylation is 1. The van der Waals surface area contributed by atoms with Gasteiger partial charge in [0.15, 0.2) is 0 Å². The van der Waals surface area contributed by atoms with Crippen LogP contribution in [0, 0.1) is 0 Å². The van der Waals surface area contributed by atoms with Crippen LogP contribution in [-0.2, 0) is 17.8 Å². The summed E-state index contributed by atoms with van der Waals surface area (Å²) in [5.41, 5.74) is 5.64. The molecule has 0 aliphatic carbocycles. The Bertz CT molecular complexity index is 1130. The fraction of sp³-hybridized carbons (Fsp3) is 0.217.